The zero-order valence-corrected chi connectivity index (χ0v) is 18.2. The number of hydrogen-bond donors (Lipinski definition) is 2. The van der Waals surface area contributed by atoms with Gasteiger partial charge in [-0.1, -0.05) is 18.2 Å². The monoisotopic (exact) mass is 438 g/mol. The number of benzene rings is 2. The van der Waals surface area contributed by atoms with Crippen LogP contribution in [0.2, 0.25) is 0 Å². The summed E-state index contributed by atoms with van der Waals surface area (Å²) >= 11 is 1.24. The molecule has 0 aliphatic rings. The van der Waals surface area contributed by atoms with Gasteiger partial charge in [-0.2, -0.15) is 0 Å². The van der Waals surface area contributed by atoms with Gasteiger partial charge in [-0.15, -0.1) is 11.3 Å². The van der Waals surface area contributed by atoms with Gasteiger partial charge in [0.25, 0.3) is 5.91 Å². The molecule has 2 aromatic carbocycles. The molecule has 31 heavy (non-hydrogen) atoms. The number of carbonyl (C=O) groups excluding carboxylic acids is 3. The second kappa shape index (κ2) is 9.90. The lowest BCUT2D eigenvalue weighted by Gasteiger charge is -2.10. The molecule has 0 spiro atoms. The normalized spacial score (nSPS) is 10.3. The lowest BCUT2D eigenvalue weighted by atomic mass is 10.0. The summed E-state index contributed by atoms with van der Waals surface area (Å²) in [5.74, 6) is -0.452. The van der Waals surface area contributed by atoms with Crippen molar-refractivity contribution < 1.29 is 23.9 Å². The predicted octanol–water partition coefficient (Wildman–Crippen LogP) is 4.81. The van der Waals surface area contributed by atoms with Gasteiger partial charge in [0.2, 0.25) is 5.91 Å². The van der Waals surface area contributed by atoms with Crippen LogP contribution in [-0.4, -0.2) is 31.5 Å². The van der Waals surface area contributed by atoms with Gasteiger partial charge >= 0.3 is 5.97 Å². The van der Waals surface area contributed by atoms with Crippen LogP contribution in [0.5, 0.6) is 5.75 Å². The number of amides is 2. The molecule has 1 aromatic heterocycles. The first-order valence-corrected chi connectivity index (χ1v) is 10.4. The molecule has 0 bridgehead atoms. The average Bonchev–Trinajstić information content (AvgIpc) is 3.17. The third-order valence-electron chi connectivity index (χ3n) is 4.34. The highest BCUT2D eigenvalue weighted by atomic mass is 32.1. The Bertz CT molecular complexity index is 1110. The molecule has 0 atom stereocenters. The number of esters is 1. The van der Waals surface area contributed by atoms with Crippen molar-refractivity contribution >= 4 is 39.8 Å². The number of ether oxygens (including phenoxy) is 2. The van der Waals surface area contributed by atoms with Crippen molar-refractivity contribution in [2.45, 2.75) is 13.8 Å². The highest BCUT2D eigenvalue weighted by Gasteiger charge is 2.23. The van der Waals surface area contributed by atoms with Crippen LogP contribution in [0.15, 0.2) is 53.9 Å². The lowest BCUT2D eigenvalue weighted by molar-refractivity contribution is -0.114. The Labute approximate surface area is 184 Å². The Hall–Kier alpha value is -3.65. The Balaban J connectivity index is 1.93. The summed E-state index contributed by atoms with van der Waals surface area (Å²) in [6.07, 6.45) is 0. The second-order valence-electron chi connectivity index (χ2n) is 6.52. The fourth-order valence-corrected chi connectivity index (χ4v) is 3.91. The van der Waals surface area contributed by atoms with Gasteiger partial charge in [-0.05, 0) is 42.8 Å². The van der Waals surface area contributed by atoms with Crippen LogP contribution in [0.25, 0.3) is 11.1 Å². The molecular weight excluding hydrogens is 416 g/mol. The number of anilines is 2. The van der Waals surface area contributed by atoms with E-state index in [0.717, 1.165) is 5.56 Å². The SMILES string of the molecule is CCOC(=O)c1c(-c2ccc(OC)cc2)csc1NC(=O)c1cccc(NC(C)=O)c1. The number of hydrogen-bond acceptors (Lipinski definition) is 6. The van der Waals surface area contributed by atoms with E-state index in [2.05, 4.69) is 10.6 Å². The maximum absolute atomic E-state index is 12.8. The third-order valence-corrected chi connectivity index (χ3v) is 5.24. The Morgan fingerprint density at radius 1 is 1.03 bits per heavy atom. The molecule has 8 heteroatoms. The Morgan fingerprint density at radius 3 is 2.42 bits per heavy atom. The highest BCUT2D eigenvalue weighted by molar-refractivity contribution is 7.15. The van der Waals surface area contributed by atoms with Crippen molar-refractivity contribution in [3.8, 4) is 16.9 Å². The molecule has 0 fully saturated rings. The van der Waals surface area contributed by atoms with Crippen LogP contribution >= 0.6 is 11.3 Å². The number of carbonyl (C=O) groups is 3. The van der Waals surface area contributed by atoms with Crippen molar-refractivity contribution in [1.82, 2.24) is 0 Å². The molecule has 3 rings (SSSR count). The topological polar surface area (TPSA) is 93.7 Å². The van der Waals surface area contributed by atoms with Crippen LogP contribution < -0.4 is 15.4 Å². The van der Waals surface area contributed by atoms with E-state index < -0.39 is 11.9 Å². The fraction of sp³-hybridized carbons (Fsp3) is 0.174. The quantitative estimate of drug-likeness (QED) is 0.516. The van der Waals surface area contributed by atoms with Gasteiger partial charge in [-0.25, -0.2) is 4.79 Å². The van der Waals surface area contributed by atoms with Crippen molar-refractivity contribution in [1.29, 1.82) is 0 Å². The first kappa shape index (κ1) is 22.0. The minimum absolute atomic E-state index is 0.211. The molecule has 0 unspecified atom stereocenters. The van der Waals surface area contributed by atoms with Gasteiger partial charge in [-0.3, -0.25) is 9.59 Å². The van der Waals surface area contributed by atoms with Gasteiger partial charge in [0.15, 0.2) is 0 Å². The van der Waals surface area contributed by atoms with E-state index in [4.69, 9.17) is 9.47 Å². The first-order chi connectivity index (χ1) is 14.9. The minimum atomic E-state index is -0.517. The first-order valence-electron chi connectivity index (χ1n) is 9.55. The van der Waals surface area contributed by atoms with E-state index in [9.17, 15) is 14.4 Å². The summed E-state index contributed by atoms with van der Waals surface area (Å²) in [5.41, 5.74) is 2.61. The zero-order valence-electron chi connectivity index (χ0n) is 17.4. The molecule has 0 saturated carbocycles. The molecule has 2 amide bonds. The average molecular weight is 439 g/mol. The fourth-order valence-electron chi connectivity index (χ4n) is 2.96. The van der Waals surface area contributed by atoms with Gasteiger partial charge in [0, 0.05) is 29.1 Å². The molecular formula is C23H22N2O5S. The van der Waals surface area contributed by atoms with E-state index in [1.807, 2.05) is 12.1 Å². The van der Waals surface area contributed by atoms with Gasteiger partial charge < -0.3 is 20.1 Å². The molecule has 0 aliphatic carbocycles. The summed E-state index contributed by atoms with van der Waals surface area (Å²) in [5, 5.41) is 7.64. The molecule has 0 aliphatic heterocycles. The van der Waals surface area contributed by atoms with Crippen molar-refractivity contribution in [3.05, 3.63) is 65.0 Å². The van der Waals surface area contributed by atoms with E-state index in [1.165, 1.54) is 18.3 Å². The molecule has 160 valence electrons. The van der Waals surface area contributed by atoms with Gasteiger partial charge in [0.05, 0.1) is 13.7 Å². The van der Waals surface area contributed by atoms with Crippen LogP contribution in [-0.2, 0) is 9.53 Å². The van der Waals surface area contributed by atoms with E-state index in [0.29, 0.717) is 33.1 Å². The molecule has 3 aromatic rings. The number of thiophene rings is 1. The molecule has 0 saturated heterocycles. The maximum atomic E-state index is 12.8. The van der Waals surface area contributed by atoms with Crippen molar-refractivity contribution in [2.75, 3.05) is 24.4 Å². The predicted molar refractivity (Wildman–Crippen MR) is 121 cm³/mol. The highest BCUT2D eigenvalue weighted by Crippen LogP contribution is 2.37. The number of nitrogens with one attached hydrogen (secondary N) is 2. The summed E-state index contributed by atoms with van der Waals surface area (Å²) < 4.78 is 10.4. The minimum Gasteiger partial charge on any atom is -0.497 e. The van der Waals surface area contributed by atoms with Gasteiger partial charge in [0.1, 0.15) is 16.3 Å². The molecule has 7 nitrogen and oxygen atoms in total. The summed E-state index contributed by atoms with van der Waals surface area (Å²) in [6.45, 7) is 3.33. The molecule has 1 heterocycles. The third kappa shape index (κ3) is 5.29. The van der Waals surface area contributed by atoms with Crippen molar-refractivity contribution in [3.63, 3.8) is 0 Å². The van der Waals surface area contributed by atoms with E-state index in [1.54, 1.807) is 55.8 Å². The summed E-state index contributed by atoms with van der Waals surface area (Å²) in [7, 11) is 1.58. The zero-order chi connectivity index (χ0) is 22.4. The maximum Gasteiger partial charge on any atom is 0.341 e. The standard InChI is InChI=1S/C23H22N2O5S/c1-4-30-23(28)20-19(15-8-10-18(29-3)11-9-15)13-31-22(20)25-21(27)16-6-5-7-17(12-16)24-14(2)26/h5-13H,4H2,1-3H3,(H,24,26)(H,25,27). The van der Waals surface area contributed by atoms with Crippen molar-refractivity contribution in [2.24, 2.45) is 0 Å². The summed E-state index contributed by atoms with van der Waals surface area (Å²) in [4.78, 5) is 36.8. The van der Waals surface area contributed by atoms with Crippen LogP contribution in [0.3, 0.4) is 0 Å². The Kier molecular flexibility index (Phi) is 7.04. The molecule has 0 radical (unpaired) electrons. The van der Waals surface area contributed by atoms with E-state index >= 15 is 0 Å². The Morgan fingerprint density at radius 2 is 1.77 bits per heavy atom. The largest absolute Gasteiger partial charge is 0.497 e. The van der Waals surface area contributed by atoms with Crippen LogP contribution in [0.4, 0.5) is 10.7 Å². The smallest absolute Gasteiger partial charge is 0.341 e. The second-order valence-corrected chi connectivity index (χ2v) is 7.40. The summed E-state index contributed by atoms with van der Waals surface area (Å²) in [6, 6.07) is 13.8. The van der Waals surface area contributed by atoms with E-state index in [-0.39, 0.29) is 12.5 Å². The number of methoxy groups -OCH3 is 1. The lowest BCUT2D eigenvalue weighted by Crippen LogP contribution is -2.15. The number of rotatable bonds is 7. The van der Waals surface area contributed by atoms with Crippen LogP contribution in [0, 0.1) is 0 Å². The molecule has 2 N–H and O–H groups in total. The van der Waals surface area contributed by atoms with Crippen LogP contribution in [0.1, 0.15) is 34.6 Å².